The number of hydrogen-bond donors (Lipinski definition) is 2. The van der Waals surface area contributed by atoms with Crippen LogP contribution in [0.5, 0.6) is 5.75 Å². The summed E-state index contributed by atoms with van der Waals surface area (Å²) in [7, 11) is -7.91. The van der Waals surface area contributed by atoms with Gasteiger partial charge in [0.25, 0.3) is 0 Å². The molecule has 0 radical (unpaired) electrons. The second-order valence-electron chi connectivity index (χ2n) is 12.9. The van der Waals surface area contributed by atoms with Crippen LogP contribution in [0.2, 0.25) is 0 Å². The number of carbonyl (C=O) groups excluding carboxylic acids is 2. The lowest BCUT2D eigenvalue weighted by Crippen LogP contribution is -2.55. The molecule has 2 aliphatic heterocycles. The van der Waals surface area contributed by atoms with Crippen molar-refractivity contribution in [3.05, 3.63) is 54.6 Å². The van der Waals surface area contributed by atoms with Crippen LogP contribution < -0.4 is 4.74 Å². The van der Waals surface area contributed by atoms with Crippen LogP contribution in [0.15, 0.2) is 64.4 Å². The minimum Gasteiger partial charge on any atom is -0.481 e. The Hall–Kier alpha value is -4.90. The number of carbonyl (C=O) groups is 4. The fourth-order valence-corrected chi connectivity index (χ4v) is 10.1. The summed E-state index contributed by atoms with van der Waals surface area (Å²) in [6.45, 7) is 6.90. The van der Waals surface area contributed by atoms with Crippen molar-refractivity contribution in [2.24, 2.45) is 10.8 Å². The van der Waals surface area contributed by atoms with E-state index in [4.69, 9.17) is 9.47 Å². The lowest BCUT2D eigenvalue weighted by molar-refractivity contribution is -0.161. The fourth-order valence-electron chi connectivity index (χ4n) is 6.29. The second kappa shape index (κ2) is 18.9. The van der Waals surface area contributed by atoms with Gasteiger partial charge in [-0.25, -0.2) is 16.8 Å². The Morgan fingerprint density at radius 1 is 0.722 bits per heavy atom. The van der Waals surface area contributed by atoms with Gasteiger partial charge in [0.15, 0.2) is 15.3 Å². The van der Waals surface area contributed by atoms with Crippen molar-refractivity contribution in [2.45, 2.75) is 68.6 Å². The number of ether oxygens (including phenoxy) is 2. The molecule has 2 aliphatic rings. The lowest BCUT2D eigenvalue weighted by Gasteiger charge is -2.42. The van der Waals surface area contributed by atoms with E-state index in [0.717, 1.165) is 0 Å². The molecular formula is C38H46N2O12S2. The van der Waals surface area contributed by atoms with Crippen molar-refractivity contribution in [1.82, 2.24) is 9.80 Å². The van der Waals surface area contributed by atoms with Crippen LogP contribution in [-0.4, -0.2) is 111 Å². The minimum absolute atomic E-state index is 0.00548. The molecule has 2 aromatic rings. The Kier molecular flexibility index (Phi) is 15.2. The molecule has 0 spiro atoms. The first-order valence-electron chi connectivity index (χ1n) is 17.1. The Morgan fingerprint density at radius 3 is 1.69 bits per heavy atom. The van der Waals surface area contributed by atoms with Gasteiger partial charge in [-0.2, -0.15) is 0 Å². The number of carboxylic acids is 2. The maximum absolute atomic E-state index is 13.2. The van der Waals surface area contributed by atoms with Crippen molar-refractivity contribution >= 4 is 43.4 Å². The first kappa shape index (κ1) is 43.5. The molecule has 2 saturated heterocycles. The van der Waals surface area contributed by atoms with Gasteiger partial charge in [0.2, 0.25) is 21.7 Å². The maximum atomic E-state index is 13.2. The first-order chi connectivity index (χ1) is 25.5. The summed E-state index contributed by atoms with van der Waals surface area (Å²) in [6, 6.07) is 13.5. The van der Waals surface area contributed by atoms with Gasteiger partial charge < -0.3 is 29.5 Å². The molecular weight excluding hydrogens is 741 g/mol. The molecule has 0 aliphatic carbocycles. The Balaban J connectivity index is 0.000000290. The molecule has 1 atom stereocenters. The molecule has 2 amide bonds. The van der Waals surface area contributed by atoms with Gasteiger partial charge in [-0.3, -0.25) is 19.2 Å². The molecule has 2 N–H and O–H groups in total. The molecule has 16 heteroatoms. The number of piperidine rings is 2. The third kappa shape index (κ3) is 10.6. The number of benzene rings is 2. The SMILES string of the molecule is CC#CCOC(C1(C(=O)O)CCN(C(C)=O)CC1)S(=O)(=O)c1ccccc1.CC#CCOc1ccc(S(=O)(=O)CC2(C(=O)O)CCN(C(C)=O)CC2)cc1. The summed E-state index contributed by atoms with van der Waals surface area (Å²) in [6.07, 6.45) is 0.187. The summed E-state index contributed by atoms with van der Waals surface area (Å²) in [5, 5.41) is 19.7. The highest BCUT2D eigenvalue weighted by Gasteiger charge is 2.55. The highest BCUT2D eigenvalue weighted by atomic mass is 32.2. The minimum atomic E-state index is -4.10. The predicted molar refractivity (Wildman–Crippen MR) is 197 cm³/mol. The third-order valence-electron chi connectivity index (χ3n) is 9.57. The van der Waals surface area contributed by atoms with Gasteiger partial charge >= 0.3 is 11.9 Å². The largest absolute Gasteiger partial charge is 0.481 e. The number of sulfone groups is 2. The predicted octanol–water partition coefficient (Wildman–Crippen LogP) is 3.12. The smallest absolute Gasteiger partial charge is 0.313 e. The van der Waals surface area contributed by atoms with Crippen LogP contribution in [0.25, 0.3) is 0 Å². The van der Waals surface area contributed by atoms with E-state index in [-0.39, 0.29) is 86.7 Å². The number of aliphatic carboxylic acids is 2. The van der Waals surface area contributed by atoms with E-state index >= 15 is 0 Å². The monoisotopic (exact) mass is 786 g/mol. The Morgan fingerprint density at radius 2 is 1.22 bits per heavy atom. The van der Waals surface area contributed by atoms with E-state index in [1.165, 1.54) is 55.1 Å². The van der Waals surface area contributed by atoms with E-state index in [9.17, 15) is 46.2 Å². The van der Waals surface area contributed by atoms with E-state index in [2.05, 4.69) is 23.7 Å². The summed E-state index contributed by atoms with van der Waals surface area (Å²) in [5.74, 6) is 7.96. The molecule has 292 valence electrons. The molecule has 4 rings (SSSR count). The van der Waals surface area contributed by atoms with E-state index in [1.807, 2.05) is 0 Å². The summed E-state index contributed by atoms with van der Waals surface area (Å²) >= 11 is 0. The van der Waals surface area contributed by atoms with Crippen LogP contribution in [0.1, 0.15) is 53.4 Å². The lowest BCUT2D eigenvalue weighted by atomic mass is 9.78. The van der Waals surface area contributed by atoms with Crippen molar-refractivity contribution in [3.63, 3.8) is 0 Å². The van der Waals surface area contributed by atoms with Crippen molar-refractivity contribution < 1.29 is 55.7 Å². The van der Waals surface area contributed by atoms with Crippen molar-refractivity contribution in [1.29, 1.82) is 0 Å². The van der Waals surface area contributed by atoms with Gasteiger partial charge in [0.1, 0.15) is 24.4 Å². The molecule has 2 heterocycles. The summed E-state index contributed by atoms with van der Waals surface area (Å²) < 4.78 is 63.0. The second-order valence-corrected chi connectivity index (χ2v) is 16.9. The zero-order valence-corrected chi connectivity index (χ0v) is 32.4. The zero-order valence-electron chi connectivity index (χ0n) is 30.7. The van der Waals surface area contributed by atoms with Gasteiger partial charge in [0, 0.05) is 40.0 Å². The van der Waals surface area contributed by atoms with E-state index in [0.29, 0.717) is 5.75 Å². The van der Waals surface area contributed by atoms with Crippen LogP contribution in [0.3, 0.4) is 0 Å². The zero-order chi connectivity index (χ0) is 40.2. The van der Waals surface area contributed by atoms with Crippen LogP contribution >= 0.6 is 0 Å². The van der Waals surface area contributed by atoms with Crippen LogP contribution in [-0.2, 0) is 43.6 Å². The van der Waals surface area contributed by atoms with Crippen LogP contribution in [0.4, 0.5) is 0 Å². The van der Waals surface area contributed by atoms with Gasteiger partial charge in [-0.1, -0.05) is 30.0 Å². The number of hydrogen-bond acceptors (Lipinski definition) is 10. The average Bonchev–Trinajstić information content (AvgIpc) is 3.14. The maximum Gasteiger partial charge on any atom is 0.313 e. The quantitative estimate of drug-likeness (QED) is 0.298. The third-order valence-corrected chi connectivity index (χ3v) is 13.6. The van der Waals surface area contributed by atoms with E-state index in [1.54, 1.807) is 36.9 Å². The Labute approximate surface area is 316 Å². The number of likely N-dealkylation sites (tertiary alicyclic amines) is 2. The number of nitrogens with zero attached hydrogens (tertiary/aromatic N) is 2. The number of rotatable bonds is 12. The van der Waals surface area contributed by atoms with Crippen LogP contribution in [0, 0.1) is 34.5 Å². The van der Waals surface area contributed by atoms with Gasteiger partial charge in [-0.15, -0.1) is 11.8 Å². The summed E-state index contributed by atoms with van der Waals surface area (Å²) in [4.78, 5) is 50.2. The molecule has 2 aromatic carbocycles. The standard InChI is InChI=1S/2C19H23NO6S/c1-3-4-13-26-16-5-7-17(8-6-16)27(24,25)14-19(18(22)23)9-11-20(12-10-19)15(2)21;1-3-4-14-26-18(27(24,25)16-8-6-5-7-9-16)19(17(22)23)10-12-20(13-11-19)15(2)21/h5-8H,9-14H2,1-2H3,(H,22,23);5-9,18H,10-14H2,1-2H3,(H,22,23). The molecule has 2 fully saturated rings. The summed E-state index contributed by atoms with van der Waals surface area (Å²) in [5.41, 5.74) is -4.65. The van der Waals surface area contributed by atoms with Crippen molar-refractivity contribution in [2.75, 3.05) is 45.1 Å². The molecule has 1 unspecified atom stereocenters. The highest BCUT2D eigenvalue weighted by molar-refractivity contribution is 7.92. The van der Waals surface area contributed by atoms with Gasteiger partial charge in [0.05, 0.1) is 21.0 Å². The molecule has 14 nitrogen and oxygen atoms in total. The fraction of sp³-hybridized carbons (Fsp3) is 0.474. The highest BCUT2D eigenvalue weighted by Crippen LogP contribution is 2.42. The molecule has 0 bridgehead atoms. The normalized spacial score (nSPS) is 16.8. The topological polar surface area (TPSA) is 202 Å². The Bertz CT molecular complexity index is 1990. The molecule has 0 saturated carbocycles. The number of amides is 2. The van der Waals surface area contributed by atoms with E-state index < -0.39 is 53.6 Å². The van der Waals surface area contributed by atoms with Crippen molar-refractivity contribution in [3.8, 4) is 29.4 Å². The average molecular weight is 787 g/mol. The molecule has 54 heavy (non-hydrogen) atoms. The first-order valence-corrected chi connectivity index (χ1v) is 20.3. The van der Waals surface area contributed by atoms with Gasteiger partial charge in [-0.05, 0) is 75.9 Å². The number of carboxylic acid groups (broad SMARTS) is 2. The molecule has 0 aromatic heterocycles.